The van der Waals surface area contributed by atoms with Crippen molar-refractivity contribution in [3.05, 3.63) is 40.9 Å². The van der Waals surface area contributed by atoms with Gasteiger partial charge in [0.15, 0.2) is 5.13 Å². The van der Waals surface area contributed by atoms with E-state index in [4.69, 9.17) is 0 Å². The summed E-state index contributed by atoms with van der Waals surface area (Å²) >= 11 is 1.28. The molecule has 0 saturated heterocycles. The number of rotatable bonds is 6. The van der Waals surface area contributed by atoms with Crippen molar-refractivity contribution in [1.82, 2.24) is 10.3 Å². The van der Waals surface area contributed by atoms with E-state index < -0.39 is 10.0 Å². The largest absolute Gasteiger partial charge is 0.313 e. The molecular formula is C13H17N3O2S2. The molecule has 1 aromatic heterocycles. The molecule has 0 saturated carbocycles. The molecule has 5 nitrogen and oxygen atoms in total. The summed E-state index contributed by atoms with van der Waals surface area (Å²) in [6.45, 7) is 5.11. The van der Waals surface area contributed by atoms with Crippen LogP contribution in [-0.4, -0.2) is 19.9 Å². The first-order valence-corrected chi connectivity index (χ1v) is 8.63. The number of hydrogen-bond donors (Lipinski definition) is 2. The highest BCUT2D eigenvalue weighted by Crippen LogP contribution is 2.22. The van der Waals surface area contributed by atoms with Gasteiger partial charge in [0.2, 0.25) is 0 Å². The van der Waals surface area contributed by atoms with Gasteiger partial charge in [-0.2, -0.15) is 0 Å². The van der Waals surface area contributed by atoms with Crippen molar-refractivity contribution >= 4 is 26.5 Å². The van der Waals surface area contributed by atoms with Crippen LogP contribution in [0.2, 0.25) is 0 Å². The van der Waals surface area contributed by atoms with Gasteiger partial charge in [0, 0.05) is 11.9 Å². The fourth-order valence-corrected chi connectivity index (χ4v) is 3.92. The van der Waals surface area contributed by atoms with E-state index >= 15 is 0 Å². The first kappa shape index (κ1) is 15.0. The first-order chi connectivity index (χ1) is 9.53. The van der Waals surface area contributed by atoms with Gasteiger partial charge in [-0.1, -0.05) is 25.1 Å². The summed E-state index contributed by atoms with van der Waals surface area (Å²) in [5.41, 5.74) is 1.55. The average molecular weight is 311 g/mol. The maximum atomic E-state index is 12.4. The van der Waals surface area contributed by atoms with Gasteiger partial charge in [-0.15, -0.1) is 11.3 Å². The minimum atomic E-state index is -3.60. The molecule has 108 valence electrons. The molecule has 0 atom stereocenters. The summed E-state index contributed by atoms with van der Waals surface area (Å²) in [5.74, 6) is 0. The summed E-state index contributed by atoms with van der Waals surface area (Å²) in [7, 11) is -3.60. The Bertz CT molecular complexity index is 680. The predicted octanol–water partition coefficient (Wildman–Crippen LogP) is 2.36. The molecule has 0 spiro atoms. The van der Waals surface area contributed by atoms with Gasteiger partial charge in [0.25, 0.3) is 10.0 Å². The van der Waals surface area contributed by atoms with Crippen LogP contribution in [0.1, 0.15) is 18.2 Å². The lowest BCUT2D eigenvalue weighted by molar-refractivity contribution is 0.598. The normalized spacial score (nSPS) is 11.5. The van der Waals surface area contributed by atoms with E-state index in [2.05, 4.69) is 15.0 Å². The fraction of sp³-hybridized carbons (Fsp3) is 0.308. The van der Waals surface area contributed by atoms with Gasteiger partial charge in [0.05, 0.1) is 10.6 Å². The summed E-state index contributed by atoms with van der Waals surface area (Å²) in [4.78, 5) is 4.41. The van der Waals surface area contributed by atoms with Crippen LogP contribution in [-0.2, 0) is 16.6 Å². The lowest BCUT2D eigenvalue weighted by atomic mass is 10.2. The number of benzene rings is 1. The number of hydrogen-bond acceptors (Lipinski definition) is 5. The second-order valence-electron chi connectivity index (χ2n) is 4.29. The number of nitrogens with zero attached hydrogens (tertiary/aromatic N) is 1. The van der Waals surface area contributed by atoms with Gasteiger partial charge >= 0.3 is 0 Å². The van der Waals surface area contributed by atoms with Gasteiger partial charge in [-0.05, 0) is 25.1 Å². The molecule has 2 rings (SSSR count). The van der Waals surface area contributed by atoms with Crippen LogP contribution in [0.5, 0.6) is 0 Å². The Balaban J connectivity index is 2.29. The Morgan fingerprint density at radius 2 is 2.05 bits per heavy atom. The van der Waals surface area contributed by atoms with Crippen molar-refractivity contribution < 1.29 is 8.42 Å². The lowest BCUT2D eigenvalue weighted by Gasteiger charge is -2.11. The molecular weight excluding hydrogens is 294 g/mol. The van der Waals surface area contributed by atoms with Crippen molar-refractivity contribution in [3.63, 3.8) is 0 Å². The number of aryl methyl sites for hydroxylation is 1. The van der Waals surface area contributed by atoms with Crippen LogP contribution in [0.15, 0.2) is 34.5 Å². The fourth-order valence-electron chi connectivity index (χ4n) is 1.74. The molecule has 0 aliphatic rings. The van der Waals surface area contributed by atoms with Gasteiger partial charge in [-0.25, -0.2) is 13.4 Å². The van der Waals surface area contributed by atoms with Crippen LogP contribution in [0.25, 0.3) is 0 Å². The van der Waals surface area contributed by atoms with Crippen LogP contribution in [0, 0.1) is 6.92 Å². The van der Waals surface area contributed by atoms with Crippen molar-refractivity contribution in [3.8, 4) is 0 Å². The third-order valence-corrected chi connectivity index (χ3v) is 5.11. The van der Waals surface area contributed by atoms with Crippen LogP contribution >= 0.6 is 11.3 Å². The molecule has 1 aromatic carbocycles. The summed E-state index contributed by atoms with van der Waals surface area (Å²) in [6.07, 6.45) is 0. The molecule has 20 heavy (non-hydrogen) atoms. The highest BCUT2D eigenvalue weighted by molar-refractivity contribution is 7.93. The number of thiazole rings is 1. The Hall–Kier alpha value is -1.44. The zero-order valence-electron chi connectivity index (χ0n) is 11.4. The zero-order valence-corrected chi connectivity index (χ0v) is 13.0. The summed E-state index contributed by atoms with van der Waals surface area (Å²) in [5, 5.41) is 5.34. The number of nitrogens with one attached hydrogen (secondary N) is 2. The second-order valence-corrected chi connectivity index (χ2v) is 6.80. The summed E-state index contributed by atoms with van der Waals surface area (Å²) < 4.78 is 27.4. The Labute approximate surface area is 123 Å². The molecule has 2 aromatic rings. The first-order valence-electron chi connectivity index (χ1n) is 6.26. The van der Waals surface area contributed by atoms with E-state index in [1.165, 1.54) is 11.3 Å². The number of anilines is 1. The number of sulfonamides is 1. The lowest BCUT2D eigenvalue weighted by Crippen LogP contribution is -2.18. The third kappa shape index (κ3) is 3.56. The molecule has 0 aliphatic heterocycles. The molecule has 0 radical (unpaired) electrons. The maximum Gasteiger partial charge on any atom is 0.263 e. The van der Waals surface area contributed by atoms with Crippen molar-refractivity contribution in [1.29, 1.82) is 0 Å². The standard InChI is InChI=1S/C13H17N3O2S2/c1-3-14-8-11-6-4-5-7-12(11)20(17,18)16-13-15-10(2)9-19-13/h4-7,9,14H,3,8H2,1-2H3,(H,15,16). The molecule has 1 heterocycles. The van der Waals surface area contributed by atoms with E-state index in [1.807, 2.05) is 31.4 Å². The maximum absolute atomic E-state index is 12.4. The molecule has 2 N–H and O–H groups in total. The second kappa shape index (κ2) is 6.34. The predicted molar refractivity (Wildman–Crippen MR) is 81.5 cm³/mol. The molecule has 0 aliphatic carbocycles. The minimum absolute atomic E-state index is 0.286. The average Bonchev–Trinajstić information content (AvgIpc) is 2.81. The van der Waals surface area contributed by atoms with Gasteiger partial charge in [0.1, 0.15) is 0 Å². The van der Waals surface area contributed by atoms with Crippen LogP contribution in [0.4, 0.5) is 5.13 Å². The summed E-state index contributed by atoms with van der Waals surface area (Å²) in [6, 6.07) is 6.97. The van der Waals surface area contributed by atoms with Crippen LogP contribution < -0.4 is 10.0 Å². The van der Waals surface area contributed by atoms with E-state index in [9.17, 15) is 8.42 Å². The zero-order chi connectivity index (χ0) is 14.6. The van der Waals surface area contributed by atoms with Crippen molar-refractivity contribution in [2.24, 2.45) is 0 Å². The molecule has 0 amide bonds. The quantitative estimate of drug-likeness (QED) is 0.859. The third-order valence-electron chi connectivity index (χ3n) is 2.67. The highest BCUT2D eigenvalue weighted by atomic mass is 32.2. The Morgan fingerprint density at radius 1 is 1.30 bits per heavy atom. The minimum Gasteiger partial charge on any atom is -0.313 e. The number of aromatic nitrogens is 1. The topological polar surface area (TPSA) is 71.1 Å². The van der Waals surface area contributed by atoms with E-state index in [-0.39, 0.29) is 4.90 Å². The van der Waals surface area contributed by atoms with Gasteiger partial charge < -0.3 is 5.32 Å². The van der Waals surface area contributed by atoms with E-state index in [1.54, 1.807) is 12.1 Å². The van der Waals surface area contributed by atoms with E-state index in [0.29, 0.717) is 11.7 Å². The molecule has 0 bridgehead atoms. The van der Waals surface area contributed by atoms with Crippen molar-refractivity contribution in [2.75, 3.05) is 11.3 Å². The highest BCUT2D eigenvalue weighted by Gasteiger charge is 2.19. The Kier molecular flexibility index (Phi) is 4.74. The Morgan fingerprint density at radius 3 is 2.70 bits per heavy atom. The smallest absolute Gasteiger partial charge is 0.263 e. The monoisotopic (exact) mass is 311 g/mol. The van der Waals surface area contributed by atoms with Crippen molar-refractivity contribution in [2.45, 2.75) is 25.3 Å². The molecule has 0 unspecified atom stereocenters. The van der Waals surface area contributed by atoms with E-state index in [0.717, 1.165) is 17.8 Å². The molecule has 7 heteroatoms. The van der Waals surface area contributed by atoms with Crippen LogP contribution in [0.3, 0.4) is 0 Å². The SMILES string of the molecule is CCNCc1ccccc1S(=O)(=O)Nc1nc(C)cs1. The van der Waals surface area contributed by atoms with Gasteiger partial charge in [-0.3, -0.25) is 4.72 Å². The molecule has 0 fully saturated rings.